The first-order chi connectivity index (χ1) is 9.04. The Morgan fingerprint density at radius 3 is 2.53 bits per heavy atom. The van der Waals surface area contributed by atoms with Crippen LogP contribution in [0.3, 0.4) is 0 Å². The van der Waals surface area contributed by atoms with E-state index in [1.165, 1.54) is 7.11 Å². The molecule has 1 fully saturated rings. The Morgan fingerprint density at radius 1 is 1.32 bits per heavy atom. The molecule has 0 saturated heterocycles. The minimum absolute atomic E-state index is 0.0301. The smallest absolute Gasteiger partial charge is 0.313 e. The van der Waals surface area contributed by atoms with Crippen molar-refractivity contribution in [3.63, 3.8) is 0 Å². The van der Waals surface area contributed by atoms with Crippen LogP contribution in [-0.2, 0) is 9.53 Å². The Hall–Kier alpha value is -0.970. The van der Waals surface area contributed by atoms with Gasteiger partial charge in [-0.25, -0.2) is 8.78 Å². The summed E-state index contributed by atoms with van der Waals surface area (Å²) >= 11 is 2.94. The number of rotatable bonds is 3. The molecule has 1 aliphatic carbocycles. The Bertz CT molecular complexity index is 485. The molecule has 19 heavy (non-hydrogen) atoms. The second-order valence-corrected chi connectivity index (χ2v) is 5.69. The highest BCUT2D eigenvalue weighted by molar-refractivity contribution is 9.10. The van der Waals surface area contributed by atoms with E-state index in [1.807, 2.05) is 0 Å². The van der Waals surface area contributed by atoms with Crippen molar-refractivity contribution in [3.05, 3.63) is 33.8 Å². The van der Waals surface area contributed by atoms with Crippen molar-refractivity contribution in [3.8, 4) is 0 Å². The van der Waals surface area contributed by atoms with Gasteiger partial charge in [0.2, 0.25) is 0 Å². The zero-order valence-electron chi connectivity index (χ0n) is 10.6. The van der Waals surface area contributed by atoms with Crippen molar-refractivity contribution in [2.45, 2.75) is 31.6 Å². The van der Waals surface area contributed by atoms with E-state index in [4.69, 9.17) is 4.74 Å². The molecule has 2 nitrogen and oxygen atoms in total. The molecule has 0 bridgehead atoms. The lowest BCUT2D eigenvalue weighted by Crippen LogP contribution is -2.22. The average molecular weight is 333 g/mol. The fraction of sp³-hybridized carbons (Fsp3) is 0.500. The third kappa shape index (κ3) is 2.96. The fourth-order valence-corrected chi connectivity index (χ4v) is 3.08. The van der Waals surface area contributed by atoms with Crippen molar-refractivity contribution in [1.29, 1.82) is 0 Å². The Balaban J connectivity index is 2.42. The molecular weight excluding hydrogens is 318 g/mol. The molecule has 104 valence electrons. The lowest BCUT2D eigenvalue weighted by molar-refractivity contribution is -0.143. The predicted octanol–water partition coefficient (Wildman–Crippen LogP) is 4.17. The largest absolute Gasteiger partial charge is 0.469 e. The summed E-state index contributed by atoms with van der Waals surface area (Å²) in [5.41, 5.74) is 0.0967. The predicted molar refractivity (Wildman–Crippen MR) is 70.8 cm³/mol. The van der Waals surface area contributed by atoms with Gasteiger partial charge in [-0.15, -0.1) is 0 Å². The third-order valence-electron chi connectivity index (χ3n) is 3.70. The van der Waals surface area contributed by atoms with Gasteiger partial charge in [0, 0.05) is 5.56 Å². The van der Waals surface area contributed by atoms with Crippen LogP contribution >= 0.6 is 15.9 Å². The van der Waals surface area contributed by atoms with Gasteiger partial charge in [-0.2, -0.15) is 0 Å². The number of hydrogen-bond acceptors (Lipinski definition) is 2. The van der Waals surface area contributed by atoms with Crippen molar-refractivity contribution in [2.24, 2.45) is 5.92 Å². The van der Waals surface area contributed by atoms with Crippen molar-refractivity contribution < 1.29 is 18.3 Å². The summed E-state index contributed by atoms with van der Waals surface area (Å²) in [6.07, 6.45) is 3.71. The van der Waals surface area contributed by atoms with Gasteiger partial charge in [-0.3, -0.25) is 4.79 Å². The average Bonchev–Trinajstić information content (AvgIpc) is 2.89. The lowest BCUT2D eigenvalue weighted by Gasteiger charge is -2.22. The maximum atomic E-state index is 14.0. The van der Waals surface area contributed by atoms with Crippen LogP contribution in [0.5, 0.6) is 0 Å². The summed E-state index contributed by atoms with van der Waals surface area (Å²) in [6.45, 7) is 0. The van der Waals surface area contributed by atoms with E-state index in [0.717, 1.165) is 37.8 Å². The second kappa shape index (κ2) is 5.99. The highest BCUT2D eigenvalue weighted by Gasteiger charge is 2.35. The molecular formula is C14H15BrF2O2. The monoisotopic (exact) mass is 332 g/mol. The number of hydrogen-bond donors (Lipinski definition) is 0. The number of esters is 1. The third-order valence-corrected chi connectivity index (χ3v) is 4.31. The van der Waals surface area contributed by atoms with Crippen LogP contribution < -0.4 is 0 Å². The number of benzene rings is 1. The van der Waals surface area contributed by atoms with Crippen LogP contribution in [0, 0.1) is 17.6 Å². The molecule has 0 N–H and O–H groups in total. The van der Waals surface area contributed by atoms with E-state index in [-0.39, 0.29) is 16.0 Å². The summed E-state index contributed by atoms with van der Waals surface area (Å²) in [6, 6.07) is 2.16. The molecule has 1 aromatic rings. The molecule has 0 amide bonds. The van der Waals surface area contributed by atoms with Crippen molar-refractivity contribution >= 4 is 21.9 Å². The van der Waals surface area contributed by atoms with Gasteiger partial charge in [0.1, 0.15) is 11.6 Å². The zero-order chi connectivity index (χ0) is 14.0. The van der Waals surface area contributed by atoms with E-state index in [0.29, 0.717) is 0 Å². The van der Waals surface area contributed by atoms with Gasteiger partial charge < -0.3 is 4.74 Å². The van der Waals surface area contributed by atoms with E-state index in [1.54, 1.807) is 0 Å². The van der Waals surface area contributed by atoms with Crippen molar-refractivity contribution in [2.75, 3.05) is 7.11 Å². The molecule has 2 rings (SSSR count). The molecule has 1 atom stereocenters. The molecule has 0 heterocycles. The van der Waals surface area contributed by atoms with Crippen LogP contribution in [0.15, 0.2) is 16.6 Å². The highest BCUT2D eigenvalue weighted by atomic mass is 79.9. The highest BCUT2D eigenvalue weighted by Crippen LogP contribution is 2.39. The number of carbonyl (C=O) groups excluding carboxylic acids is 1. The minimum atomic E-state index is -0.713. The Kier molecular flexibility index (Phi) is 4.55. The molecule has 0 spiro atoms. The normalized spacial score (nSPS) is 17.5. The SMILES string of the molecule is COC(=O)[C@@H](c1cc(F)c(Br)cc1F)C1CCCC1. The van der Waals surface area contributed by atoms with Crippen molar-refractivity contribution in [1.82, 2.24) is 0 Å². The van der Waals surface area contributed by atoms with Gasteiger partial charge in [0.25, 0.3) is 0 Å². The molecule has 0 aliphatic heterocycles. The Morgan fingerprint density at radius 2 is 1.95 bits per heavy atom. The Labute approximate surface area is 119 Å². The summed E-state index contributed by atoms with van der Waals surface area (Å²) in [5, 5.41) is 0. The van der Waals surface area contributed by atoms with E-state index >= 15 is 0 Å². The second-order valence-electron chi connectivity index (χ2n) is 4.83. The quantitative estimate of drug-likeness (QED) is 0.613. The standard InChI is InChI=1S/C14H15BrF2O2/c1-19-14(18)13(8-4-2-3-5-8)9-6-12(17)10(15)7-11(9)16/h6-8,13H,2-5H2,1H3/t13-/m1/s1. The summed E-state index contributed by atoms with van der Waals surface area (Å²) in [7, 11) is 1.28. The lowest BCUT2D eigenvalue weighted by atomic mass is 9.84. The van der Waals surface area contributed by atoms with Gasteiger partial charge in [-0.1, -0.05) is 12.8 Å². The van der Waals surface area contributed by atoms with Gasteiger partial charge in [0.05, 0.1) is 17.5 Å². The van der Waals surface area contributed by atoms with Crippen LogP contribution in [-0.4, -0.2) is 13.1 Å². The molecule has 1 aromatic carbocycles. The molecule has 5 heteroatoms. The van der Waals surface area contributed by atoms with E-state index in [9.17, 15) is 13.6 Å². The molecule has 0 unspecified atom stereocenters. The summed E-state index contributed by atoms with van der Waals surface area (Å²) < 4.78 is 32.5. The van der Waals surface area contributed by atoms with Gasteiger partial charge in [0.15, 0.2) is 0 Å². The van der Waals surface area contributed by atoms with Gasteiger partial charge >= 0.3 is 5.97 Å². The van der Waals surface area contributed by atoms with Crippen LogP contribution in [0.1, 0.15) is 37.2 Å². The van der Waals surface area contributed by atoms with Gasteiger partial charge in [-0.05, 0) is 46.8 Å². The maximum absolute atomic E-state index is 14.0. The number of carbonyl (C=O) groups is 1. The zero-order valence-corrected chi connectivity index (χ0v) is 12.2. The number of ether oxygens (including phenoxy) is 1. The maximum Gasteiger partial charge on any atom is 0.313 e. The topological polar surface area (TPSA) is 26.3 Å². The minimum Gasteiger partial charge on any atom is -0.469 e. The molecule has 0 aromatic heterocycles. The van der Waals surface area contributed by atoms with E-state index < -0.39 is 23.5 Å². The molecule has 0 radical (unpaired) electrons. The van der Waals surface area contributed by atoms with Crippen LogP contribution in [0.4, 0.5) is 8.78 Å². The van der Waals surface area contributed by atoms with E-state index in [2.05, 4.69) is 15.9 Å². The van der Waals surface area contributed by atoms with Crippen LogP contribution in [0.25, 0.3) is 0 Å². The number of halogens is 3. The molecule has 1 saturated carbocycles. The molecule has 1 aliphatic rings. The number of methoxy groups -OCH3 is 1. The first-order valence-electron chi connectivity index (χ1n) is 6.27. The fourth-order valence-electron chi connectivity index (χ4n) is 2.77. The summed E-state index contributed by atoms with van der Waals surface area (Å²) in [4.78, 5) is 11.9. The first kappa shape index (κ1) is 14.4. The van der Waals surface area contributed by atoms with Crippen LogP contribution in [0.2, 0.25) is 0 Å². The summed E-state index contributed by atoms with van der Waals surface area (Å²) in [5.74, 6) is -2.32. The first-order valence-corrected chi connectivity index (χ1v) is 7.06.